The highest BCUT2D eigenvalue weighted by atomic mass is 15.1. The topological polar surface area (TPSA) is 53.6 Å². The van der Waals surface area contributed by atoms with Crippen LogP contribution in [0, 0.1) is 0 Å². The Morgan fingerprint density at radius 2 is 2.11 bits per heavy atom. The van der Waals surface area contributed by atoms with E-state index >= 15 is 0 Å². The molecule has 19 heavy (non-hydrogen) atoms. The zero-order valence-electron chi connectivity index (χ0n) is 10.5. The molecule has 4 heteroatoms. The van der Waals surface area contributed by atoms with Gasteiger partial charge in [-0.1, -0.05) is 12.1 Å². The zero-order valence-corrected chi connectivity index (χ0v) is 10.5. The van der Waals surface area contributed by atoms with Gasteiger partial charge in [-0.05, 0) is 48.6 Å². The second kappa shape index (κ2) is 4.09. The molecule has 0 aliphatic heterocycles. The summed E-state index contributed by atoms with van der Waals surface area (Å²) in [7, 11) is 0. The molecule has 0 saturated carbocycles. The number of aromatic nitrogens is 3. The lowest BCUT2D eigenvalue weighted by Crippen LogP contribution is -1.97. The molecule has 1 aliphatic rings. The fourth-order valence-corrected chi connectivity index (χ4v) is 2.77. The number of hydrogen-bond donors (Lipinski definition) is 2. The number of aryl methyl sites for hydroxylation is 1. The average molecular weight is 250 g/mol. The van der Waals surface area contributed by atoms with Crippen LogP contribution in [0.15, 0.2) is 36.5 Å². The van der Waals surface area contributed by atoms with E-state index in [0.29, 0.717) is 0 Å². The molecule has 0 saturated heterocycles. The van der Waals surface area contributed by atoms with Crippen molar-refractivity contribution in [3.63, 3.8) is 0 Å². The summed E-state index contributed by atoms with van der Waals surface area (Å²) in [6.45, 7) is 0. The molecule has 2 N–H and O–H groups in total. The van der Waals surface area contributed by atoms with Crippen molar-refractivity contribution in [1.29, 1.82) is 0 Å². The van der Waals surface area contributed by atoms with Crippen LogP contribution in [0.25, 0.3) is 11.0 Å². The van der Waals surface area contributed by atoms with Gasteiger partial charge in [0.05, 0.1) is 6.20 Å². The molecule has 0 spiro atoms. The lowest BCUT2D eigenvalue weighted by Gasteiger charge is -2.10. The Morgan fingerprint density at radius 3 is 3.11 bits per heavy atom. The van der Waals surface area contributed by atoms with Crippen LogP contribution in [0.1, 0.15) is 17.5 Å². The summed E-state index contributed by atoms with van der Waals surface area (Å²) in [5.74, 6) is 0.858. The van der Waals surface area contributed by atoms with E-state index in [0.717, 1.165) is 23.3 Å². The zero-order chi connectivity index (χ0) is 12.7. The van der Waals surface area contributed by atoms with E-state index in [9.17, 15) is 0 Å². The van der Waals surface area contributed by atoms with E-state index in [1.54, 1.807) is 6.20 Å². The Hall–Kier alpha value is -2.36. The first kappa shape index (κ1) is 10.6. The van der Waals surface area contributed by atoms with Crippen LogP contribution >= 0.6 is 0 Å². The van der Waals surface area contributed by atoms with Gasteiger partial charge in [0, 0.05) is 11.1 Å². The smallest absolute Gasteiger partial charge is 0.157 e. The van der Waals surface area contributed by atoms with Crippen molar-refractivity contribution < 1.29 is 0 Å². The number of rotatable bonds is 2. The van der Waals surface area contributed by atoms with Crippen molar-refractivity contribution in [2.24, 2.45) is 0 Å². The Labute approximate surface area is 110 Å². The second-order valence-electron chi connectivity index (χ2n) is 4.93. The maximum Gasteiger partial charge on any atom is 0.157 e. The summed E-state index contributed by atoms with van der Waals surface area (Å²) in [6.07, 6.45) is 5.38. The molecule has 2 heterocycles. The van der Waals surface area contributed by atoms with E-state index in [4.69, 9.17) is 0 Å². The summed E-state index contributed by atoms with van der Waals surface area (Å²) in [5.41, 5.74) is 4.90. The summed E-state index contributed by atoms with van der Waals surface area (Å²) in [5, 5.41) is 11.3. The lowest BCUT2D eigenvalue weighted by molar-refractivity contribution is 0.912. The number of fused-ring (bicyclic) bond motifs is 2. The molecule has 4 nitrogen and oxygen atoms in total. The number of aromatic amines is 1. The lowest BCUT2D eigenvalue weighted by atomic mass is 10.1. The molecule has 0 amide bonds. The first-order valence-electron chi connectivity index (χ1n) is 6.58. The van der Waals surface area contributed by atoms with Crippen LogP contribution in [0.5, 0.6) is 0 Å². The molecule has 0 radical (unpaired) electrons. The predicted molar refractivity (Wildman–Crippen MR) is 75.6 cm³/mol. The van der Waals surface area contributed by atoms with Crippen molar-refractivity contribution in [3.05, 3.63) is 47.7 Å². The van der Waals surface area contributed by atoms with Gasteiger partial charge in [-0.3, -0.25) is 5.10 Å². The van der Waals surface area contributed by atoms with Gasteiger partial charge in [0.2, 0.25) is 0 Å². The van der Waals surface area contributed by atoms with Gasteiger partial charge >= 0.3 is 0 Å². The normalized spacial score (nSPS) is 13.7. The molecular weight excluding hydrogens is 236 g/mol. The monoisotopic (exact) mass is 250 g/mol. The molecule has 1 aromatic carbocycles. The van der Waals surface area contributed by atoms with Crippen molar-refractivity contribution in [1.82, 2.24) is 15.2 Å². The maximum atomic E-state index is 4.53. The number of anilines is 2. The third-order valence-corrected chi connectivity index (χ3v) is 3.71. The summed E-state index contributed by atoms with van der Waals surface area (Å²) in [6, 6.07) is 10.5. The quantitative estimate of drug-likeness (QED) is 0.734. The SMILES string of the molecule is c1cc2c(c(Nc3ccc4cn[nH]c4n3)c1)CCC2. The first-order chi connectivity index (χ1) is 9.40. The standard InChI is InChI=1S/C15H14N4/c1-3-10-4-2-6-13(12(10)5-1)17-14-8-7-11-9-16-19-15(11)18-14/h2,4,6-9H,1,3,5H2,(H2,16,17,18,19). The van der Waals surface area contributed by atoms with Crippen molar-refractivity contribution in [2.75, 3.05) is 5.32 Å². The van der Waals surface area contributed by atoms with Crippen LogP contribution in [0.2, 0.25) is 0 Å². The fraction of sp³-hybridized carbons (Fsp3) is 0.200. The fourth-order valence-electron chi connectivity index (χ4n) is 2.77. The number of hydrogen-bond acceptors (Lipinski definition) is 3. The highest BCUT2D eigenvalue weighted by Crippen LogP contribution is 2.30. The molecule has 3 aromatic rings. The van der Waals surface area contributed by atoms with Gasteiger partial charge in [0.25, 0.3) is 0 Å². The van der Waals surface area contributed by atoms with Gasteiger partial charge < -0.3 is 5.32 Å². The molecule has 1 aliphatic carbocycles. The molecule has 0 bridgehead atoms. The minimum atomic E-state index is 0.817. The molecule has 0 atom stereocenters. The highest BCUT2D eigenvalue weighted by Gasteiger charge is 2.14. The highest BCUT2D eigenvalue weighted by molar-refractivity contribution is 5.77. The minimum absolute atomic E-state index is 0.817. The van der Waals surface area contributed by atoms with Crippen LogP contribution in [-0.4, -0.2) is 15.2 Å². The summed E-state index contributed by atoms with van der Waals surface area (Å²) < 4.78 is 0. The Morgan fingerprint density at radius 1 is 1.11 bits per heavy atom. The molecule has 2 aromatic heterocycles. The van der Waals surface area contributed by atoms with Gasteiger partial charge in [-0.15, -0.1) is 0 Å². The maximum absolute atomic E-state index is 4.53. The van der Waals surface area contributed by atoms with Gasteiger partial charge in [-0.2, -0.15) is 5.10 Å². The van der Waals surface area contributed by atoms with Gasteiger partial charge in [0.1, 0.15) is 5.82 Å². The van der Waals surface area contributed by atoms with Crippen LogP contribution in [0.4, 0.5) is 11.5 Å². The van der Waals surface area contributed by atoms with E-state index in [1.165, 1.54) is 29.7 Å². The first-order valence-corrected chi connectivity index (χ1v) is 6.58. The van der Waals surface area contributed by atoms with Crippen LogP contribution in [-0.2, 0) is 12.8 Å². The Kier molecular flexibility index (Phi) is 2.27. The van der Waals surface area contributed by atoms with E-state index in [1.807, 2.05) is 12.1 Å². The summed E-state index contributed by atoms with van der Waals surface area (Å²) >= 11 is 0. The molecule has 0 fully saturated rings. The number of nitrogens with one attached hydrogen (secondary N) is 2. The van der Waals surface area contributed by atoms with E-state index in [2.05, 4.69) is 38.7 Å². The van der Waals surface area contributed by atoms with Crippen molar-refractivity contribution >= 4 is 22.5 Å². The van der Waals surface area contributed by atoms with E-state index < -0.39 is 0 Å². The number of benzene rings is 1. The molecule has 0 unspecified atom stereocenters. The largest absolute Gasteiger partial charge is 0.340 e. The van der Waals surface area contributed by atoms with Crippen LogP contribution in [0.3, 0.4) is 0 Å². The van der Waals surface area contributed by atoms with Gasteiger partial charge in [-0.25, -0.2) is 4.98 Å². The Balaban J connectivity index is 1.73. The molecular formula is C15H14N4. The average Bonchev–Trinajstić information content (AvgIpc) is 3.06. The predicted octanol–water partition coefficient (Wildman–Crippen LogP) is 3.19. The summed E-state index contributed by atoms with van der Waals surface area (Å²) in [4.78, 5) is 4.53. The Bertz CT molecular complexity index is 745. The molecule has 4 rings (SSSR count). The minimum Gasteiger partial charge on any atom is -0.340 e. The number of nitrogens with zero attached hydrogens (tertiary/aromatic N) is 2. The van der Waals surface area contributed by atoms with Crippen LogP contribution < -0.4 is 5.32 Å². The van der Waals surface area contributed by atoms with E-state index in [-0.39, 0.29) is 0 Å². The second-order valence-corrected chi connectivity index (χ2v) is 4.93. The third kappa shape index (κ3) is 1.76. The van der Waals surface area contributed by atoms with Crippen molar-refractivity contribution in [2.45, 2.75) is 19.3 Å². The number of H-pyrrole nitrogens is 1. The third-order valence-electron chi connectivity index (χ3n) is 3.71. The number of pyridine rings is 1. The van der Waals surface area contributed by atoms with Crippen molar-refractivity contribution in [3.8, 4) is 0 Å². The molecule has 94 valence electrons. The van der Waals surface area contributed by atoms with Gasteiger partial charge in [0.15, 0.2) is 5.65 Å².